The van der Waals surface area contributed by atoms with E-state index in [4.69, 9.17) is 16.3 Å². The molecular weight excluding hydrogens is 286 g/mol. The molecule has 110 valence electrons. The Morgan fingerprint density at radius 3 is 2.52 bits per heavy atom. The molecule has 0 unspecified atom stereocenters. The first-order chi connectivity index (χ1) is 10.2. The monoisotopic (exact) mass is 303 g/mol. The van der Waals surface area contributed by atoms with E-state index in [-0.39, 0.29) is 5.91 Å². The average Bonchev–Trinajstić information content (AvgIpc) is 2.52. The minimum Gasteiger partial charge on any atom is -0.494 e. The summed E-state index contributed by atoms with van der Waals surface area (Å²) in [6, 6.07) is 14.6. The fourth-order valence-corrected chi connectivity index (χ4v) is 2.04. The van der Waals surface area contributed by atoms with Gasteiger partial charge in [0.05, 0.1) is 6.61 Å². The highest BCUT2D eigenvalue weighted by Gasteiger charge is 2.06. The van der Waals surface area contributed by atoms with Crippen LogP contribution in [0.25, 0.3) is 0 Å². The van der Waals surface area contributed by atoms with Crippen molar-refractivity contribution in [3.63, 3.8) is 0 Å². The third-order valence-electron chi connectivity index (χ3n) is 2.99. The molecule has 0 radical (unpaired) electrons. The lowest BCUT2D eigenvalue weighted by atomic mass is 10.2. The molecule has 0 spiro atoms. The molecular formula is C17H18ClNO2. The highest BCUT2D eigenvalue weighted by molar-refractivity contribution is 6.31. The Bertz CT molecular complexity index is 596. The van der Waals surface area contributed by atoms with E-state index in [1.54, 1.807) is 24.3 Å². The van der Waals surface area contributed by atoms with Gasteiger partial charge in [-0.15, -0.1) is 0 Å². The molecule has 3 nitrogen and oxygen atoms in total. The summed E-state index contributed by atoms with van der Waals surface area (Å²) in [7, 11) is 0. The van der Waals surface area contributed by atoms with Crippen LogP contribution in [0.15, 0.2) is 48.5 Å². The minimum absolute atomic E-state index is 0.128. The molecule has 0 aliphatic heterocycles. The van der Waals surface area contributed by atoms with Crippen LogP contribution in [0.2, 0.25) is 5.02 Å². The van der Waals surface area contributed by atoms with Crippen LogP contribution in [0.4, 0.5) is 0 Å². The lowest BCUT2D eigenvalue weighted by Crippen LogP contribution is -2.22. The first kappa shape index (κ1) is 15.4. The van der Waals surface area contributed by atoms with Crippen LogP contribution in [0.5, 0.6) is 5.75 Å². The zero-order valence-corrected chi connectivity index (χ0v) is 12.7. The lowest BCUT2D eigenvalue weighted by Gasteiger charge is -2.08. The van der Waals surface area contributed by atoms with Gasteiger partial charge in [-0.2, -0.15) is 0 Å². The van der Waals surface area contributed by atoms with Gasteiger partial charge in [0, 0.05) is 17.1 Å². The molecule has 0 saturated heterocycles. The molecule has 4 heteroatoms. The number of carbonyl (C=O) groups excluding carboxylic acids is 1. The molecule has 0 aromatic heterocycles. The topological polar surface area (TPSA) is 38.3 Å². The molecule has 2 aromatic rings. The van der Waals surface area contributed by atoms with Crippen LogP contribution < -0.4 is 10.1 Å². The van der Waals surface area contributed by atoms with Crippen molar-refractivity contribution in [2.24, 2.45) is 0 Å². The quantitative estimate of drug-likeness (QED) is 0.874. The Hall–Kier alpha value is -2.00. The average molecular weight is 304 g/mol. The van der Waals surface area contributed by atoms with E-state index < -0.39 is 0 Å². The summed E-state index contributed by atoms with van der Waals surface area (Å²) in [6.45, 7) is 3.14. The number of nitrogens with one attached hydrogen (secondary N) is 1. The lowest BCUT2D eigenvalue weighted by molar-refractivity contribution is 0.0951. The van der Waals surface area contributed by atoms with E-state index in [2.05, 4.69) is 12.2 Å². The van der Waals surface area contributed by atoms with Gasteiger partial charge in [-0.3, -0.25) is 4.79 Å². The van der Waals surface area contributed by atoms with Crippen molar-refractivity contribution in [2.75, 3.05) is 6.61 Å². The predicted octanol–water partition coefficient (Wildman–Crippen LogP) is 4.06. The predicted molar refractivity (Wildman–Crippen MR) is 84.9 cm³/mol. The second-order valence-corrected chi connectivity index (χ2v) is 5.05. The maximum Gasteiger partial charge on any atom is 0.251 e. The van der Waals surface area contributed by atoms with Gasteiger partial charge in [0.25, 0.3) is 5.91 Å². The first-order valence-electron chi connectivity index (χ1n) is 6.95. The highest BCUT2D eigenvalue weighted by Crippen LogP contribution is 2.15. The van der Waals surface area contributed by atoms with Crippen LogP contribution in [-0.2, 0) is 6.54 Å². The van der Waals surface area contributed by atoms with Gasteiger partial charge >= 0.3 is 0 Å². The Labute approximate surface area is 129 Å². The zero-order valence-electron chi connectivity index (χ0n) is 11.9. The van der Waals surface area contributed by atoms with Crippen molar-refractivity contribution in [3.05, 3.63) is 64.7 Å². The van der Waals surface area contributed by atoms with Crippen LogP contribution in [0.3, 0.4) is 0 Å². The summed E-state index contributed by atoms with van der Waals surface area (Å²) in [5.41, 5.74) is 1.50. The number of hydrogen-bond donors (Lipinski definition) is 1. The fraction of sp³-hybridized carbons (Fsp3) is 0.235. The van der Waals surface area contributed by atoms with Crippen LogP contribution in [0, 0.1) is 0 Å². The number of ether oxygens (including phenoxy) is 1. The van der Waals surface area contributed by atoms with Crippen LogP contribution in [0.1, 0.15) is 29.3 Å². The Morgan fingerprint density at radius 1 is 1.14 bits per heavy atom. The van der Waals surface area contributed by atoms with Crippen molar-refractivity contribution < 1.29 is 9.53 Å². The molecule has 0 aliphatic carbocycles. The summed E-state index contributed by atoms with van der Waals surface area (Å²) in [5, 5.41) is 3.51. The zero-order chi connectivity index (χ0) is 15.1. The molecule has 0 atom stereocenters. The normalized spacial score (nSPS) is 10.2. The number of hydrogen-bond acceptors (Lipinski definition) is 2. The van der Waals surface area contributed by atoms with Crippen molar-refractivity contribution in [3.8, 4) is 5.75 Å². The molecule has 1 amide bonds. The third kappa shape index (κ3) is 4.50. The van der Waals surface area contributed by atoms with Crippen molar-refractivity contribution in [2.45, 2.75) is 19.9 Å². The molecule has 1 N–H and O–H groups in total. The summed E-state index contributed by atoms with van der Waals surface area (Å²) in [6.07, 6.45) is 0.958. The van der Waals surface area contributed by atoms with Crippen LogP contribution in [-0.4, -0.2) is 12.5 Å². The molecule has 0 heterocycles. The van der Waals surface area contributed by atoms with Gasteiger partial charge in [-0.05, 0) is 42.3 Å². The van der Waals surface area contributed by atoms with Gasteiger partial charge in [0.15, 0.2) is 0 Å². The minimum atomic E-state index is -0.128. The van der Waals surface area contributed by atoms with E-state index in [0.717, 1.165) is 17.7 Å². The van der Waals surface area contributed by atoms with E-state index in [9.17, 15) is 4.79 Å². The summed E-state index contributed by atoms with van der Waals surface area (Å²) < 4.78 is 5.49. The van der Waals surface area contributed by atoms with E-state index >= 15 is 0 Å². The molecule has 2 rings (SSSR count). The second kappa shape index (κ2) is 7.70. The van der Waals surface area contributed by atoms with Gasteiger partial charge < -0.3 is 10.1 Å². The fourth-order valence-electron chi connectivity index (χ4n) is 1.84. The highest BCUT2D eigenvalue weighted by atomic mass is 35.5. The first-order valence-corrected chi connectivity index (χ1v) is 7.33. The summed E-state index contributed by atoms with van der Waals surface area (Å²) >= 11 is 6.06. The maximum atomic E-state index is 12.1. The maximum absolute atomic E-state index is 12.1. The Morgan fingerprint density at radius 2 is 1.86 bits per heavy atom. The number of halogens is 1. The molecule has 21 heavy (non-hydrogen) atoms. The van der Waals surface area contributed by atoms with Gasteiger partial charge in [-0.25, -0.2) is 0 Å². The SMILES string of the molecule is CCCOc1ccc(C(=O)NCc2ccccc2Cl)cc1. The molecule has 0 bridgehead atoms. The smallest absolute Gasteiger partial charge is 0.251 e. The number of amides is 1. The number of carbonyl (C=O) groups is 1. The van der Waals surface area contributed by atoms with Crippen molar-refractivity contribution in [1.82, 2.24) is 5.32 Å². The van der Waals surface area contributed by atoms with E-state index in [1.165, 1.54) is 0 Å². The summed E-state index contributed by atoms with van der Waals surface area (Å²) in [4.78, 5) is 12.1. The third-order valence-corrected chi connectivity index (χ3v) is 3.36. The Kier molecular flexibility index (Phi) is 5.64. The largest absolute Gasteiger partial charge is 0.494 e. The number of rotatable bonds is 6. The van der Waals surface area contributed by atoms with Gasteiger partial charge in [0.2, 0.25) is 0 Å². The van der Waals surface area contributed by atoms with Gasteiger partial charge in [-0.1, -0.05) is 36.7 Å². The van der Waals surface area contributed by atoms with Crippen LogP contribution >= 0.6 is 11.6 Å². The molecule has 0 fully saturated rings. The standard InChI is InChI=1S/C17H18ClNO2/c1-2-11-21-15-9-7-13(8-10-15)17(20)19-12-14-5-3-4-6-16(14)18/h3-10H,2,11-12H2,1H3,(H,19,20). The number of benzene rings is 2. The van der Waals surface area contributed by atoms with E-state index in [1.807, 2.05) is 24.3 Å². The summed E-state index contributed by atoms with van der Waals surface area (Å²) in [5.74, 6) is 0.650. The van der Waals surface area contributed by atoms with Crippen molar-refractivity contribution in [1.29, 1.82) is 0 Å². The van der Waals surface area contributed by atoms with Gasteiger partial charge in [0.1, 0.15) is 5.75 Å². The Balaban J connectivity index is 1.93. The second-order valence-electron chi connectivity index (χ2n) is 4.65. The molecule has 2 aromatic carbocycles. The van der Waals surface area contributed by atoms with E-state index in [0.29, 0.717) is 23.7 Å². The molecule has 0 aliphatic rings. The van der Waals surface area contributed by atoms with Crippen molar-refractivity contribution >= 4 is 17.5 Å². The molecule has 0 saturated carbocycles.